The highest BCUT2D eigenvalue weighted by Crippen LogP contribution is 2.56. The number of fused-ring (bicyclic) bond motifs is 1. The van der Waals surface area contributed by atoms with Crippen LogP contribution in [0.2, 0.25) is 18.1 Å². The van der Waals surface area contributed by atoms with E-state index < -0.39 is 29.7 Å². The third-order valence-electron chi connectivity index (χ3n) is 7.77. The van der Waals surface area contributed by atoms with Crippen molar-refractivity contribution in [1.29, 1.82) is 0 Å². The summed E-state index contributed by atoms with van der Waals surface area (Å²) >= 11 is 0. The fourth-order valence-electron chi connectivity index (χ4n) is 4.64. The minimum atomic E-state index is -3.66. The van der Waals surface area contributed by atoms with Crippen LogP contribution >= 0.6 is 0 Å². The van der Waals surface area contributed by atoms with Crippen LogP contribution in [-0.2, 0) is 24.0 Å². The molecule has 0 amide bonds. The normalized spacial score (nSPS) is 26.6. The van der Waals surface area contributed by atoms with Crippen molar-refractivity contribution in [1.82, 2.24) is 4.31 Å². The van der Waals surface area contributed by atoms with Gasteiger partial charge in [-0.2, -0.15) is 4.31 Å². The summed E-state index contributed by atoms with van der Waals surface area (Å²) in [6.45, 7) is 15.3. The van der Waals surface area contributed by atoms with Crippen LogP contribution in [0, 0.1) is 24.2 Å². The van der Waals surface area contributed by atoms with Crippen LogP contribution in [0.3, 0.4) is 0 Å². The highest BCUT2D eigenvalue weighted by molar-refractivity contribution is 7.89. The minimum absolute atomic E-state index is 0.0214. The molecule has 0 spiro atoms. The first-order chi connectivity index (χ1) is 14.7. The first-order valence-electron chi connectivity index (χ1n) is 11.2. The molecular formula is C24H37NO5SSi. The number of hydrogen-bond acceptors (Lipinski definition) is 5. The van der Waals surface area contributed by atoms with Gasteiger partial charge in [-0.1, -0.05) is 45.4 Å². The average Bonchev–Trinajstić information content (AvgIpc) is 3.19. The SMILES string of the molecule is CC[C@]12CN(S(=O)(=O)c3ccc(C)cc3)C[C@H]1C=C(O[Si](C)(C)C(C)(C)C)[C@@H]2C(=O)OC. The maximum Gasteiger partial charge on any atom is 0.316 e. The Morgan fingerprint density at radius 2 is 1.81 bits per heavy atom. The summed E-state index contributed by atoms with van der Waals surface area (Å²) in [7, 11) is -4.45. The number of nitrogens with zero attached hydrogens (tertiary/aromatic N) is 1. The van der Waals surface area contributed by atoms with Crippen LogP contribution < -0.4 is 0 Å². The highest BCUT2D eigenvalue weighted by Gasteiger charge is 2.61. The molecule has 0 saturated carbocycles. The van der Waals surface area contributed by atoms with Crippen molar-refractivity contribution in [3.63, 3.8) is 0 Å². The molecule has 3 rings (SSSR count). The number of hydrogen-bond donors (Lipinski definition) is 0. The standard InChI is InChI=1S/C24H37NO5SSi/c1-9-24-16-25(31(27,28)19-12-10-17(2)11-13-19)15-18(24)14-20(21(24)22(26)29-6)30-32(7,8)23(3,4)5/h10-14,18,21H,9,15-16H2,1-8H3/t18-,21-,24+/m1/s1. The van der Waals surface area contributed by atoms with E-state index in [-0.39, 0.29) is 28.4 Å². The zero-order valence-electron chi connectivity index (χ0n) is 20.6. The van der Waals surface area contributed by atoms with Crippen LogP contribution in [0.25, 0.3) is 0 Å². The maximum absolute atomic E-state index is 13.4. The van der Waals surface area contributed by atoms with Crippen molar-refractivity contribution in [2.24, 2.45) is 17.3 Å². The van der Waals surface area contributed by atoms with Gasteiger partial charge in [0.2, 0.25) is 18.3 Å². The monoisotopic (exact) mass is 479 g/mol. The van der Waals surface area contributed by atoms with Gasteiger partial charge in [0, 0.05) is 24.4 Å². The number of benzene rings is 1. The van der Waals surface area contributed by atoms with Gasteiger partial charge in [-0.15, -0.1) is 0 Å². The lowest BCUT2D eigenvalue weighted by atomic mass is 9.71. The van der Waals surface area contributed by atoms with Gasteiger partial charge in [-0.25, -0.2) is 8.42 Å². The third-order valence-corrected chi connectivity index (χ3v) is 14.0. The van der Waals surface area contributed by atoms with Gasteiger partial charge in [-0.3, -0.25) is 4.79 Å². The highest BCUT2D eigenvalue weighted by atomic mass is 32.2. The molecule has 1 heterocycles. The zero-order valence-corrected chi connectivity index (χ0v) is 22.4. The molecule has 32 heavy (non-hydrogen) atoms. The van der Waals surface area contributed by atoms with Crippen LogP contribution in [0.4, 0.5) is 0 Å². The summed E-state index contributed by atoms with van der Waals surface area (Å²) in [4.78, 5) is 13.3. The number of methoxy groups -OCH3 is 1. The van der Waals surface area contributed by atoms with Crippen molar-refractivity contribution >= 4 is 24.3 Å². The van der Waals surface area contributed by atoms with Crippen LogP contribution in [0.1, 0.15) is 39.7 Å². The molecule has 2 aliphatic rings. The zero-order chi connectivity index (χ0) is 24.1. The van der Waals surface area contributed by atoms with E-state index in [0.29, 0.717) is 18.7 Å². The van der Waals surface area contributed by atoms with Gasteiger partial charge in [0.1, 0.15) is 5.92 Å². The van der Waals surface area contributed by atoms with E-state index >= 15 is 0 Å². The predicted molar refractivity (Wildman–Crippen MR) is 128 cm³/mol. The molecule has 8 heteroatoms. The quantitative estimate of drug-likeness (QED) is 0.436. The topological polar surface area (TPSA) is 72.9 Å². The average molecular weight is 480 g/mol. The van der Waals surface area contributed by atoms with E-state index in [1.165, 1.54) is 11.4 Å². The number of ether oxygens (including phenoxy) is 1. The van der Waals surface area contributed by atoms with Crippen molar-refractivity contribution in [2.75, 3.05) is 20.2 Å². The van der Waals surface area contributed by atoms with E-state index in [4.69, 9.17) is 9.16 Å². The van der Waals surface area contributed by atoms with Gasteiger partial charge >= 0.3 is 5.97 Å². The lowest BCUT2D eigenvalue weighted by Gasteiger charge is -2.40. The molecule has 0 bridgehead atoms. The van der Waals surface area contributed by atoms with Crippen LogP contribution in [0.5, 0.6) is 0 Å². The first kappa shape index (κ1) is 25.0. The summed E-state index contributed by atoms with van der Waals surface area (Å²) < 4.78 is 40.1. The molecular weight excluding hydrogens is 442 g/mol. The Kier molecular flexibility index (Phi) is 6.47. The molecule has 1 aliphatic carbocycles. The van der Waals surface area contributed by atoms with Gasteiger partial charge < -0.3 is 9.16 Å². The summed E-state index contributed by atoms with van der Waals surface area (Å²) in [6.07, 6.45) is 2.66. The van der Waals surface area contributed by atoms with Gasteiger partial charge in [-0.05, 0) is 49.7 Å². The number of sulfonamides is 1. The van der Waals surface area contributed by atoms with Crippen LogP contribution in [0.15, 0.2) is 41.0 Å². The Balaban J connectivity index is 2.00. The third kappa shape index (κ3) is 4.05. The van der Waals surface area contributed by atoms with Crippen molar-refractivity contribution in [3.05, 3.63) is 41.7 Å². The molecule has 0 aromatic heterocycles. The Labute approximate surface area is 194 Å². The molecule has 178 valence electrons. The van der Waals surface area contributed by atoms with Crippen molar-refractivity contribution in [2.45, 2.75) is 64.1 Å². The van der Waals surface area contributed by atoms with E-state index in [9.17, 15) is 13.2 Å². The second-order valence-corrected chi connectivity index (χ2v) is 17.4. The summed E-state index contributed by atoms with van der Waals surface area (Å²) in [5, 5.41) is -0.0214. The fraction of sp³-hybridized carbons (Fsp3) is 0.625. The second kappa shape index (κ2) is 8.29. The van der Waals surface area contributed by atoms with Crippen molar-refractivity contribution < 1.29 is 22.4 Å². The summed E-state index contributed by atoms with van der Waals surface area (Å²) in [5.74, 6) is -0.386. The number of rotatable bonds is 6. The Bertz CT molecular complexity index is 1010. The molecule has 1 aliphatic heterocycles. The molecule has 1 aromatic rings. The molecule has 1 aromatic carbocycles. The summed E-state index contributed by atoms with van der Waals surface area (Å²) in [5.41, 5.74) is 0.441. The molecule has 0 radical (unpaired) electrons. The van der Waals surface area contributed by atoms with Gasteiger partial charge in [0.25, 0.3) is 0 Å². The van der Waals surface area contributed by atoms with E-state index in [1.807, 2.05) is 32.1 Å². The number of aryl methyl sites for hydroxylation is 1. The lowest BCUT2D eigenvalue weighted by Crippen LogP contribution is -2.45. The smallest absolute Gasteiger partial charge is 0.316 e. The molecule has 3 atom stereocenters. The van der Waals surface area contributed by atoms with E-state index in [1.54, 1.807) is 12.1 Å². The van der Waals surface area contributed by atoms with Gasteiger partial charge in [0.15, 0.2) is 0 Å². The second-order valence-electron chi connectivity index (χ2n) is 10.7. The number of carbonyl (C=O) groups is 1. The molecule has 0 unspecified atom stereocenters. The van der Waals surface area contributed by atoms with E-state index in [2.05, 4.69) is 33.9 Å². The number of esters is 1. The number of carbonyl (C=O) groups excluding carboxylic acids is 1. The molecule has 6 nitrogen and oxygen atoms in total. The largest absolute Gasteiger partial charge is 0.546 e. The van der Waals surface area contributed by atoms with E-state index in [0.717, 1.165) is 5.56 Å². The molecule has 0 N–H and O–H groups in total. The lowest BCUT2D eigenvalue weighted by molar-refractivity contribution is -0.149. The Hall–Kier alpha value is -1.64. The first-order valence-corrected chi connectivity index (χ1v) is 15.6. The summed E-state index contributed by atoms with van der Waals surface area (Å²) in [6, 6.07) is 6.91. The maximum atomic E-state index is 13.4. The van der Waals surface area contributed by atoms with Crippen LogP contribution in [-0.4, -0.2) is 47.2 Å². The molecule has 1 fully saturated rings. The predicted octanol–water partition coefficient (Wildman–Crippen LogP) is 4.72. The fourth-order valence-corrected chi connectivity index (χ4v) is 7.27. The molecule has 1 saturated heterocycles. The minimum Gasteiger partial charge on any atom is -0.546 e. The Morgan fingerprint density at radius 1 is 1.22 bits per heavy atom. The van der Waals surface area contributed by atoms with Gasteiger partial charge in [0.05, 0.1) is 17.8 Å². The van der Waals surface area contributed by atoms with Crippen molar-refractivity contribution in [3.8, 4) is 0 Å². The Morgan fingerprint density at radius 3 is 2.31 bits per heavy atom.